The Balaban J connectivity index is 4.53. The van der Waals surface area contributed by atoms with Gasteiger partial charge in [0.1, 0.15) is 12.6 Å². The van der Waals surface area contributed by atoms with Crippen molar-refractivity contribution in [3.05, 3.63) is 48.6 Å². The van der Waals surface area contributed by atoms with Gasteiger partial charge in [0, 0.05) is 12.5 Å². The summed E-state index contributed by atoms with van der Waals surface area (Å²) in [5, 5.41) is 8.87. The number of carbonyl (C=O) groups excluding carboxylic acids is 2. The minimum absolute atomic E-state index is 0.185. The first-order valence-corrected chi connectivity index (χ1v) is 22.2. The van der Waals surface area contributed by atoms with Crippen LogP contribution in [0.3, 0.4) is 0 Å². The van der Waals surface area contributed by atoms with Crippen LogP contribution >= 0.6 is 7.82 Å². The summed E-state index contributed by atoms with van der Waals surface area (Å²) in [6.07, 6.45) is 41.0. The van der Waals surface area contributed by atoms with E-state index < -0.39 is 57.7 Å². The molecule has 0 heterocycles. The van der Waals surface area contributed by atoms with E-state index >= 15 is 0 Å². The molecule has 0 rings (SSSR count). The van der Waals surface area contributed by atoms with Gasteiger partial charge in [0.05, 0.1) is 13.2 Å². The van der Waals surface area contributed by atoms with Crippen molar-refractivity contribution in [2.45, 2.75) is 180 Å². The molecule has 0 saturated heterocycles. The topological polar surface area (TPSA) is 172 Å². The zero-order valence-corrected chi connectivity index (χ0v) is 34.4. The van der Waals surface area contributed by atoms with Crippen LogP contribution in [0.2, 0.25) is 0 Å². The standard InChI is InChI=1S/C42H74NO10P/c1-3-5-7-9-11-13-15-17-19-21-23-25-27-29-31-33-40(44)50-35-38(36-51-54(48,49)52-37-39(43)42(46)47)53-41(45)34-32-30-28-26-24-22-20-18-16-14-12-10-8-6-4-2/h11,13,17,19,28,30,32,34,38-39H,3-10,12,14-16,18,20-27,29,31,33,35-37,43H2,1-2H3,(H,46,47)(H,48,49)/b13-11+,19-17+,30-28+,34-32+/t38-,39+/m1/s1. The molecule has 0 amide bonds. The van der Waals surface area contributed by atoms with Crippen LogP contribution in [0, 0.1) is 0 Å². The molecular weight excluding hydrogens is 709 g/mol. The predicted molar refractivity (Wildman–Crippen MR) is 217 cm³/mol. The van der Waals surface area contributed by atoms with Crippen LogP contribution in [0.4, 0.5) is 0 Å². The van der Waals surface area contributed by atoms with Crippen molar-refractivity contribution in [2.75, 3.05) is 19.8 Å². The lowest BCUT2D eigenvalue weighted by molar-refractivity contribution is -0.157. The number of hydrogen-bond donors (Lipinski definition) is 3. The van der Waals surface area contributed by atoms with Crippen molar-refractivity contribution in [1.82, 2.24) is 0 Å². The van der Waals surface area contributed by atoms with E-state index in [-0.39, 0.29) is 6.42 Å². The summed E-state index contributed by atoms with van der Waals surface area (Å²) in [5.74, 6) is -2.66. The highest BCUT2D eigenvalue weighted by molar-refractivity contribution is 7.47. The number of rotatable bonds is 38. The van der Waals surface area contributed by atoms with E-state index in [2.05, 4.69) is 42.7 Å². The molecule has 54 heavy (non-hydrogen) atoms. The molecule has 0 fully saturated rings. The second-order valence-corrected chi connectivity index (χ2v) is 15.3. The molecule has 0 spiro atoms. The summed E-state index contributed by atoms with van der Waals surface area (Å²) in [7, 11) is -4.74. The van der Waals surface area contributed by atoms with E-state index in [1.54, 1.807) is 12.2 Å². The number of carbonyl (C=O) groups is 3. The lowest BCUT2D eigenvalue weighted by Crippen LogP contribution is -2.34. The molecule has 12 heteroatoms. The maximum Gasteiger partial charge on any atom is 0.472 e. The molecule has 0 aliphatic carbocycles. The SMILES string of the molecule is CCCCC/C=C/C/C=C/CCCCCCCC(=O)OC[C@H](COP(=O)(O)OC[C@H](N)C(=O)O)OC(=O)/C=C/C=C/CCCCCCCCCCCCC. The number of ether oxygens (including phenoxy) is 2. The van der Waals surface area contributed by atoms with Crippen molar-refractivity contribution >= 4 is 25.7 Å². The second kappa shape index (κ2) is 37.4. The number of aliphatic carboxylic acids is 1. The number of esters is 2. The predicted octanol–water partition coefficient (Wildman–Crippen LogP) is 10.6. The summed E-state index contributed by atoms with van der Waals surface area (Å²) in [6.45, 7) is 2.64. The van der Waals surface area contributed by atoms with Gasteiger partial charge in [0.2, 0.25) is 0 Å². The molecule has 0 aromatic heterocycles. The fourth-order valence-electron chi connectivity index (χ4n) is 5.35. The monoisotopic (exact) mass is 784 g/mol. The first kappa shape index (κ1) is 51.4. The smallest absolute Gasteiger partial charge is 0.472 e. The number of unbranched alkanes of at least 4 members (excludes halogenated alkanes) is 19. The molecule has 0 radical (unpaired) electrons. The van der Waals surface area contributed by atoms with Crippen LogP contribution in [-0.2, 0) is 37.5 Å². The van der Waals surface area contributed by atoms with Crippen LogP contribution < -0.4 is 5.73 Å². The molecule has 312 valence electrons. The Morgan fingerprint density at radius 2 is 1.11 bits per heavy atom. The molecule has 3 atom stereocenters. The van der Waals surface area contributed by atoms with Crippen molar-refractivity contribution in [3.63, 3.8) is 0 Å². The van der Waals surface area contributed by atoms with Gasteiger partial charge in [0.15, 0.2) is 6.10 Å². The van der Waals surface area contributed by atoms with E-state index in [0.717, 1.165) is 57.8 Å². The van der Waals surface area contributed by atoms with Crippen LogP contribution in [0.1, 0.15) is 168 Å². The summed E-state index contributed by atoms with van der Waals surface area (Å²) >= 11 is 0. The molecule has 4 N–H and O–H groups in total. The number of nitrogens with two attached hydrogens (primary N) is 1. The van der Waals surface area contributed by atoms with Gasteiger partial charge >= 0.3 is 25.7 Å². The average molecular weight is 784 g/mol. The molecule has 0 saturated carbocycles. The lowest BCUT2D eigenvalue weighted by atomic mass is 10.1. The third-order valence-electron chi connectivity index (χ3n) is 8.66. The van der Waals surface area contributed by atoms with Gasteiger partial charge < -0.3 is 25.2 Å². The summed E-state index contributed by atoms with van der Waals surface area (Å²) in [4.78, 5) is 45.7. The van der Waals surface area contributed by atoms with Gasteiger partial charge in [-0.05, 0) is 51.4 Å². The fourth-order valence-corrected chi connectivity index (χ4v) is 6.13. The van der Waals surface area contributed by atoms with Gasteiger partial charge in [-0.2, -0.15) is 0 Å². The molecule has 0 aromatic carbocycles. The molecule has 1 unspecified atom stereocenters. The first-order chi connectivity index (χ1) is 26.1. The largest absolute Gasteiger partial charge is 0.480 e. The number of carboxylic acids is 1. The zero-order valence-electron chi connectivity index (χ0n) is 33.6. The minimum Gasteiger partial charge on any atom is -0.480 e. The molecule has 0 aromatic rings. The highest BCUT2D eigenvalue weighted by Gasteiger charge is 2.27. The number of phosphoric acid groups is 1. The summed E-state index contributed by atoms with van der Waals surface area (Å²) in [5.41, 5.74) is 5.31. The third-order valence-corrected chi connectivity index (χ3v) is 9.61. The van der Waals surface area contributed by atoms with Gasteiger partial charge in [-0.15, -0.1) is 0 Å². The fraction of sp³-hybridized carbons (Fsp3) is 0.738. The van der Waals surface area contributed by atoms with E-state index in [0.29, 0.717) is 6.42 Å². The minimum atomic E-state index is -4.74. The Morgan fingerprint density at radius 1 is 0.630 bits per heavy atom. The zero-order chi connectivity index (χ0) is 40.0. The number of allylic oxidation sites excluding steroid dienone is 7. The van der Waals surface area contributed by atoms with Crippen LogP contribution in [0.25, 0.3) is 0 Å². The van der Waals surface area contributed by atoms with Gasteiger partial charge in [0.25, 0.3) is 0 Å². The average Bonchev–Trinajstić information content (AvgIpc) is 3.14. The molecule has 11 nitrogen and oxygen atoms in total. The Bertz CT molecular complexity index is 1110. The van der Waals surface area contributed by atoms with Crippen molar-refractivity contribution in [3.8, 4) is 0 Å². The first-order valence-electron chi connectivity index (χ1n) is 20.7. The third kappa shape index (κ3) is 36.4. The van der Waals surface area contributed by atoms with Crippen molar-refractivity contribution < 1.29 is 47.5 Å². The Morgan fingerprint density at radius 3 is 1.69 bits per heavy atom. The highest BCUT2D eigenvalue weighted by atomic mass is 31.2. The number of carboxylic acid groups (broad SMARTS) is 1. The van der Waals surface area contributed by atoms with E-state index in [1.807, 2.05) is 6.08 Å². The molecule has 0 bridgehead atoms. The van der Waals surface area contributed by atoms with Crippen LogP contribution in [0.15, 0.2) is 48.6 Å². The second-order valence-electron chi connectivity index (χ2n) is 13.8. The quantitative estimate of drug-likeness (QED) is 0.0136. The Hall–Kier alpha value is -2.56. The Kier molecular flexibility index (Phi) is 35.6. The van der Waals surface area contributed by atoms with Crippen molar-refractivity contribution in [2.24, 2.45) is 5.73 Å². The van der Waals surface area contributed by atoms with Gasteiger partial charge in [-0.3, -0.25) is 18.6 Å². The molecule has 0 aliphatic heterocycles. The maximum atomic E-state index is 12.5. The van der Waals surface area contributed by atoms with Crippen LogP contribution in [-0.4, -0.2) is 59.9 Å². The molecule has 0 aliphatic rings. The summed E-state index contributed by atoms with van der Waals surface area (Å²) < 4.78 is 32.4. The maximum absolute atomic E-state index is 12.5. The van der Waals surface area contributed by atoms with E-state index in [4.69, 9.17) is 24.8 Å². The van der Waals surface area contributed by atoms with Crippen molar-refractivity contribution in [1.29, 1.82) is 0 Å². The normalized spacial score (nSPS) is 14.3. The van der Waals surface area contributed by atoms with E-state index in [9.17, 15) is 23.8 Å². The molecular formula is C42H74NO10P. The number of hydrogen-bond acceptors (Lipinski definition) is 9. The highest BCUT2D eigenvalue weighted by Crippen LogP contribution is 2.43. The lowest BCUT2D eigenvalue weighted by Gasteiger charge is -2.19. The van der Waals surface area contributed by atoms with Gasteiger partial charge in [-0.25, -0.2) is 9.36 Å². The van der Waals surface area contributed by atoms with E-state index in [1.165, 1.54) is 89.5 Å². The summed E-state index contributed by atoms with van der Waals surface area (Å²) in [6, 6.07) is -1.54. The number of phosphoric ester groups is 1. The van der Waals surface area contributed by atoms with Crippen LogP contribution in [0.5, 0.6) is 0 Å². The Labute approximate surface area is 326 Å². The van der Waals surface area contributed by atoms with Gasteiger partial charge in [-0.1, -0.05) is 153 Å².